The van der Waals surface area contributed by atoms with Crippen molar-refractivity contribution < 1.29 is 18.3 Å². The van der Waals surface area contributed by atoms with Crippen molar-refractivity contribution in [1.29, 1.82) is 0 Å². The number of pyridine rings is 3. The molecule has 34 heavy (non-hydrogen) atoms. The van der Waals surface area contributed by atoms with Crippen molar-refractivity contribution in [2.45, 2.75) is 38.7 Å². The molecular formula is C25H23F2N5O2. The molecule has 1 aliphatic rings. The van der Waals surface area contributed by atoms with E-state index in [0.717, 1.165) is 30.3 Å². The first-order valence-corrected chi connectivity index (χ1v) is 11.1. The van der Waals surface area contributed by atoms with Crippen molar-refractivity contribution in [3.05, 3.63) is 60.0 Å². The molecular weight excluding hydrogens is 440 g/mol. The fraction of sp³-hybridized carbons (Fsp3) is 0.280. The summed E-state index contributed by atoms with van der Waals surface area (Å²) in [4.78, 5) is 28.0. The summed E-state index contributed by atoms with van der Waals surface area (Å²) in [6.07, 6.45) is 3.51. The topological polar surface area (TPSA) is 92.8 Å². The van der Waals surface area contributed by atoms with Gasteiger partial charge < -0.3 is 15.0 Å². The number of alkyl halides is 2. The first-order chi connectivity index (χ1) is 16.5. The highest BCUT2D eigenvalue weighted by Gasteiger charge is 2.25. The van der Waals surface area contributed by atoms with Crippen molar-refractivity contribution in [1.82, 2.24) is 19.9 Å². The minimum absolute atomic E-state index is 0.0775. The standard InChI is InChI=1S/C25H23F2N5O2/c1-14(33)30-20-13-15(8-10-28-20)22-21(17-5-4-6-18(31-17)25(26)27)24-23(32-22)16(9-11-29-24)19-7-2-3-12-34-19/h4-6,8-11,13,19,25,32H,2-3,7,12H2,1H3,(H,28,30,33). The zero-order valence-electron chi connectivity index (χ0n) is 18.5. The average molecular weight is 463 g/mol. The fourth-order valence-electron chi connectivity index (χ4n) is 4.37. The number of aromatic amines is 1. The highest BCUT2D eigenvalue weighted by molar-refractivity contribution is 6.02. The zero-order chi connectivity index (χ0) is 23.7. The minimum Gasteiger partial charge on any atom is -0.373 e. The summed E-state index contributed by atoms with van der Waals surface area (Å²) in [7, 11) is 0. The molecule has 0 aliphatic carbocycles. The second-order valence-electron chi connectivity index (χ2n) is 8.21. The number of anilines is 1. The van der Waals surface area contributed by atoms with E-state index in [1.165, 1.54) is 13.0 Å². The maximum absolute atomic E-state index is 13.5. The molecule has 0 saturated carbocycles. The number of H-pyrrole nitrogens is 1. The third-order valence-electron chi connectivity index (χ3n) is 5.85. The van der Waals surface area contributed by atoms with Crippen LogP contribution in [0.3, 0.4) is 0 Å². The number of rotatable bonds is 5. The van der Waals surface area contributed by atoms with Gasteiger partial charge in [0, 0.05) is 37.1 Å². The monoisotopic (exact) mass is 463 g/mol. The van der Waals surface area contributed by atoms with Gasteiger partial charge in [-0.25, -0.2) is 18.7 Å². The van der Waals surface area contributed by atoms with Crippen LogP contribution in [0.4, 0.5) is 14.6 Å². The van der Waals surface area contributed by atoms with Gasteiger partial charge in [0.1, 0.15) is 11.5 Å². The second-order valence-corrected chi connectivity index (χ2v) is 8.21. The van der Waals surface area contributed by atoms with Crippen molar-refractivity contribution in [2.24, 2.45) is 0 Å². The number of nitrogens with one attached hydrogen (secondary N) is 2. The number of nitrogens with zero attached hydrogens (tertiary/aromatic N) is 3. The molecule has 4 aromatic heterocycles. The maximum atomic E-state index is 13.5. The van der Waals surface area contributed by atoms with Crippen LogP contribution < -0.4 is 5.32 Å². The van der Waals surface area contributed by atoms with Crippen LogP contribution in [0.2, 0.25) is 0 Å². The Bertz CT molecular complexity index is 1350. The van der Waals surface area contributed by atoms with E-state index < -0.39 is 6.43 Å². The predicted molar refractivity (Wildman–Crippen MR) is 124 cm³/mol. The van der Waals surface area contributed by atoms with Crippen LogP contribution in [0.15, 0.2) is 48.8 Å². The van der Waals surface area contributed by atoms with Gasteiger partial charge in [-0.3, -0.25) is 9.78 Å². The lowest BCUT2D eigenvalue weighted by Crippen LogP contribution is -2.12. The molecule has 7 nitrogen and oxygen atoms in total. The molecule has 2 N–H and O–H groups in total. The molecule has 1 amide bonds. The minimum atomic E-state index is -2.69. The van der Waals surface area contributed by atoms with E-state index in [9.17, 15) is 13.6 Å². The fourth-order valence-corrected chi connectivity index (χ4v) is 4.37. The van der Waals surface area contributed by atoms with E-state index in [1.807, 2.05) is 6.07 Å². The SMILES string of the molecule is CC(=O)Nc1cc(-c2[nH]c3c(C4CCCCO4)ccnc3c2-c2cccc(C(F)F)n2)ccn1. The van der Waals surface area contributed by atoms with Crippen LogP contribution in [0.1, 0.15) is 50.0 Å². The third kappa shape index (κ3) is 4.26. The number of hydrogen-bond acceptors (Lipinski definition) is 5. The van der Waals surface area contributed by atoms with Crippen molar-refractivity contribution in [2.75, 3.05) is 11.9 Å². The summed E-state index contributed by atoms with van der Waals surface area (Å²) in [5, 5.41) is 2.68. The predicted octanol–water partition coefficient (Wildman–Crippen LogP) is 5.82. The van der Waals surface area contributed by atoms with E-state index in [4.69, 9.17) is 4.74 Å². The van der Waals surface area contributed by atoms with Crippen LogP contribution >= 0.6 is 0 Å². The Hall–Kier alpha value is -3.72. The van der Waals surface area contributed by atoms with Gasteiger partial charge in [0.15, 0.2) is 0 Å². The van der Waals surface area contributed by atoms with Crippen LogP contribution in [0.5, 0.6) is 0 Å². The summed E-state index contributed by atoms with van der Waals surface area (Å²) in [6, 6.07) is 10.0. The molecule has 1 saturated heterocycles. The quantitative estimate of drug-likeness (QED) is 0.389. The van der Waals surface area contributed by atoms with Gasteiger partial charge in [-0.1, -0.05) is 6.07 Å². The highest BCUT2D eigenvalue weighted by Crippen LogP contribution is 2.41. The van der Waals surface area contributed by atoms with E-state index >= 15 is 0 Å². The molecule has 0 bridgehead atoms. The molecule has 1 aliphatic heterocycles. The number of halogens is 2. The normalized spacial score (nSPS) is 16.2. The molecule has 1 fully saturated rings. The molecule has 0 spiro atoms. The Labute approximate surface area is 194 Å². The lowest BCUT2D eigenvalue weighted by Gasteiger charge is -2.23. The molecule has 9 heteroatoms. The highest BCUT2D eigenvalue weighted by atomic mass is 19.3. The molecule has 5 rings (SSSR count). The molecule has 4 aromatic rings. The molecule has 174 valence electrons. The molecule has 0 aromatic carbocycles. The number of carbonyl (C=O) groups excluding carboxylic acids is 1. The third-order valence-corrected chi connectivity index (χ3v) is 5.85. The maximum Gasteiger partial charge on any atom is 0.280 e. The number of carbonyl (C=O) groups is 1. The van der Waals surface area contributed by atoms with E-state index in [-0.39, 0.29) is 17.7 Å². The largest absolute Gasteiger partial charge is 0.373 e. The number of ether oxygens (including phenoxy) is 1. The number of fused-ring (bicyclic) bond motifs is 1. The van der Waals surface area contributed by atoms with E-state index in [2.05, 4.69) is 25.3 Å². The van der Waals surface area contributed by atoms with Gasteiger partial charge in [-0.05, 0) is 49.6 Å². The van der Waals surface area contributed by atoms with E-state index in [0.29, 0.717) is 40.5 Å². The van der Waals surface area contributed by atoms with Crippen LogP contribution in [-0.2, 0) is 9.53 Å². The Morgan fingerprint density at radius 2 is 2.03 bits per heavy atom. The van der Waals surface area contributed by atoms with Crippen molar-refractivity contribution in [3.8, 4) is 22.5 Å². The lowest BCUT2D eigenvalue weighted by atomic mass is 10.00. The van der Waals surface area contributed by atoms with Crippen LogP contribution in [0, 0.1) is 0 Å². The van der Waals surface area contributed by atoms with Crippen LogP contribution in [-0.4, -0.2) is 32.4 Å². The average Bonchev–Trinajstić information content (AvgIpc) is 3.24. The van der Waals surface area contributed by atoms with Crippen LogP contribution in [0.25, 0.3) is 33.5 Å². The number of amides is 1. The Morgan fingerprint density at radius 1 is 1.18 bits per heavy atom. The molecule has 0 radical (unpaired) electrons. The van der Waals surface area contributed by atoms with Crippen molar-refractivity contribution in [3.63, 3.8) is 0 Å². The number of aromatic nitrogens is 4. The van der Waals surface area contributed by atoms with Gasteiger partial charge in [0.2, 0.25) is 5.91 Å². The summed E-state index contributed by atoms with van der Waals surface area (Å²) in [6.45, 7) is 2.10. The van der Waals surface area contributed by atoms with Gasteiger partial charge in [-0.2, -0.15) is 0 Å². The summed E-state index contributed by atoms with van der Waals surface area (Å²) in [5.41, 5.74) is 4.42. The van der Waals surface area contributed by atoms with Crippen molar-refractivity contribution >= 4 is 22.8 Å². The smallest absolute Gasteiger partial charge is 0.280 e. The molecule has 5 heterocycles. The Morgan fingerprint density at radius 3 is 2.79 bits per heavy atom. The summed E-state index contributed by atoms with van der Waals surface area (Å²) < 4.78 is 32.9. The van der Waals surface area contributed by atoms with Gasteiger partial charge in [0.25, 0.3) is 6.43 Å². The molecule has 1 atom stereocenters. The summed E-state index contributed by atoms with van der Waals surface area (Å²) in [5.74, 6) is 0.138. The summed E-state index contributed by atoms with van der Waals surface area (Å²) >= 11 is 0. The Balaban J connectivity index is 1.74. The van der Waals surface area contributed by atoms with Gasteiger partial charge >= 0.3 is 0 Å². The first kappa shape index (κ1) is 22.1. The number of hydrogen-bond donors (Lipinski definition) is 2. The van der Waals surface area contributed by atoms with Gasteiger partial charge in [-0.15, -0.1) is 0 Å². The zero-order valence-corrected chi connectivity index (χ0v) is 18.5. The van der Waals surface area contributed by atoms with E-state index in [1.54, 1.807) is 36.7 Å². The Kier molecular flexibility index (Phi) is 6.02. The second kappa shape index (κ2) is 9.26. The lowest BCUT2D eigenvalue weighted by molar-refractivity contribution is -0.114. The molecule has 1 unspecified atom stereocenters. The van der Waals surface area contributed by atoms with Gasteiger partial charge in [0.05, 0.1) is 34.1 Å². The first-order valence-electron chi connectivity index (χ1n) is 11.1.